The summed E-state index contributed by atoms with van der Waals surface area (Å²) >= 11 is 0. The maximum Gasteiger partial charge on any atom is 0.317 e. The number of hydrogen-bond donors (Lipinski definition) is 2. The van der Waals surface area contributed by atoms with Crippen LogP contribution >= 0.6 is 0 Å². The number of carboxylic acid groups (broad SMARTS) is 2. The fourth-order valence-electron chi connectivity index (χ4n) is 3.47. The van der Waals surface area contributed by atoms with Crippen LogP contribution in [-0.4, -0.2) is 72.2 Å². The number of carboxylic acids is 2. The molecule has 0 aliphatic rings. The summed E-state index contributed by atoms with van der Waals surface area (Å²) in [5.74, 6) is -1.84. The number of pyridine rings is 1. The predicted octanol–water partition coefficient (Wildman–Crippen LogP) is 2.87. The summed E-state index contributed by atoms with van der Waals surface area (Å²) in [4.78, 5) is 35.3. The minimum absolute atomic E-state index is 0.119. The van der Waals surface area contributed by atoms with Gasteiger partial charge in [0.25, 0.3) is 0 Å². The molecule has 0 aliphatic heterocycles. The Balaban J connectivity index is 0.00000249. The van der Waals surface area contributed by atoms with Gasteiger partial charge in [0.05, 0.1) is 30.8 Å². The van der Waals surface area contributed by atoms with E-state index < -0.39 is 11.9 Å². The highest BCUT2D eigenvalue weighted by Gasteiger charge is 2.25. The van der Waals surface area contributed by atoms with E-state index in [1.807, 2.05) is 59.7 Å². The monoisotopic (exact) mass is 447 g/mol. The Morgan fingerprint density at radius 3 is 2.31 bits per heavy atom. The SMILES string of the molecule is CC.CCCCC(CN(CC(=O)O)Cc1cn(C)cn1)N(CC(=O)O)Cc1ccccn1. The molecule has 0 bridgehead atoms. The van der Waals surface area contributed by atoms with Gasteiger partial charge in [-0.15, -0.1) is 0 Å². The molecule has 0 saturated heterocycles. The molecule has 178 valence electrons. The van der Waals surface area contributed by atoms with Crippen LogP contribution in [0.1, 0.15) is 51.4 Å². The van der Waals surface area contributed by atoms with Crippen LogP contribution in [0.25, 0.3) is 0 Å². The van der Waals surface area contributed by atoms with E-state index in [9.17, 15) is 19.8 Å². The molecule has 2 heterocycles. The van der Waals surface area contributed by atoms with Crippen molar-refractivity contribution in [3.05, 3.63) is 48.3 Å². The molecule has 0 spiro atoms. The fraction of sp³-hybridized carbons (Fsp3) is 0.565. The number of unbranched alkanes of at least 4 members (excludes halogenated alkanes) is 1. The summed E-state index contributed by atoms with van der Waals surface area (Å²) in [5.41, 5.74) is 1.57. The Morgan fingerprint density at radius 1 is 1.06 bits per heavy atom. The smallest absolute Gasteiger partial charge is 0.317 e. The van der Waals surface area contributed by atoms with Crippen LogP contribution in [-0.2, 0) is 29.7 Å². The Hall–Kier alpha value is -2.78. The molecular weight excluding hydrogens is 410 g/mol. The minimum atomic E-state index is -0.922. The van der Waals surface area contributed by atoms with Gasteiger partial charge in [0.15, 0.2) is 0 Å². The van der Waals surface area contributed by atoms with Crippen LogP contribution in [0.5, 0.6) is 0 Å². The zero-order valence-corrected chi connectivity index (χ0v) is 19.6. The van der Waals surface area contributed by atoms with Crippen molar-refractivity contribution in [1.29, 1.82) is 0 Å². The third kappa shape index (κ3) is 10.5. The zero-order valence-electron chi connectivity index (χ0n) is 19.6. The second kappa shape index (κ2) is 15.1. The molecule has 0 aliphatic carbocycles. The normalized spacial score (nSPS) is 11.8. The van der Waals surface area contributed by atoms with Crippen molar-refractivity contribution in [3.63, 3.8) is 0 Å². The molecule has 0 saturated carbocycles. The summed E-state index contributed by atoms with van der Waals surface area (Å²) in [7, 11) is 1.86. The lowest BCUT2D eigenvalue weighted by Gasteiger charge is -2.34. The minimum Gasteiger partial charge on any atom is -0.480 e. The number of rotatable bonds is 14. The number of imidazole rings is 1. The molecule has 1 atom stereocenters. The summed E-state index contributed by atoms with van der Waals surface area (Å²) in [5, 5.41) is 18.9. The van der Waals surface area contributed by atoms with Crippen LogP contribution < -0.4 is 0 Å². The van der Waals surface area contributed by atoms with Crippen LogP contribution in [0.15, 0.2) is 36.9 Å². The third-order valence-electron chi connectivity index (χ3n) is 4.81. The molecule has 32 heavy (non-hydrogen) atoms. The molecule has 9 heteroatoms. The van der Waals surface area contributed by atoms with E-state index in [4.69, 9.17) is 0 Å². The number of aromatic nitrogens is 3. The highest BCUT2D eigenvalue weighted by molar-refractivity contribution is 5.69. The van der Waals surface area contributed by atoms with Crippen molar-refractivity contribution >= 4 is 11.9 Å². The van der Waals surface area contributed by atoms with Crippen molar-refractivity contribution < 1.29 is 19.8 Å². The van der Waals surface area contributed by atoms with Crippen LogP contribution in [0.2, 0.25) is 0 Å². The first-order valence-electron chi connectivity index (χ1n) is 11.1. The molecule has 0 radical (unpaired) electrons. The van der Waals surface area contributed by atoms with Crippen molar-refractivity contribution in [1.82, 2.24) is 24.3 Å². The number of aryl methyl sites for hydroxylation is 1. The predicted molar refractivity (Wildman–Crippen MR) is 123 cm³/mol. The lowest BCUT2D eigenvalue weighted by atomic mass is 10.1. The number of nitrogens with zero attached hydrogens (tertiary/aromatic N) is 5. The van der Waals surface area contributed by atoms with Crippen LogP contribution in [0, 0.1) is 0 Å². The Morgan fingerprint density at radius 2 is 1.78 bits per heavy atom. The molecule has 2 aromatic heterocycles. The van der Waals surface area contributed by atoms with E-state index in [0.29, 0.717) is 19.6 Å². The van der Waals surface area contributed by atoms with E-state index >= 15 is 0 Å². The average Bonchev–Trinajstić information content (AvgIpc) is 3.16. The van der Waals surface area contributed by atoms with E-state index in [0.717, 1.165) is 30.7 Å². The summed E-state index contributed by atoms with van der Waals surface area (Å²) in [6, 6.07) is 5.45. The summed E-state index contributed by atoms with van der Waals surface area (Å²) in [6.07, 6.45) is 7.90. The van der Waals surface area contributed by atoms with E-state index in [1.54, 1.807) is 12.5 Å². The Labute approximate surface area is 190 Å². The first-order chi connectivity index (χ1) is 15.4. The zero-order chi connectivity index (χ0) is 23.9. The number of hydrogen-bond acceptors (Lipinski definition) is 6. The average molecular weight is 448 g/mol. The molecule has 9 nitrogen and oxygen atoms in total. The highest BCUT2D eigenvalue weighted by atomic mass is 16.4. The first kappa shape index (κ1) is 27.3. The standard InChI is InChI=1S/C21H31N5O4.C2H6/c1-3-4-8-19(26(15-21(29)30)12-17-7-5-6-9-22-17)13-25(14-20(27)28)11-18-10-24(2)16-23-18;1-2/h5-7,9-10,16,19H,3-4,8,11-15H2,1-2H3,(H,27,28)(H,29,30);1-2H3. The fourth-order valence-corrected chi connectivity index (χ4v) is 3.47. The van der Waals surface area contributed by atoms with E-state index in [1.165, 1.54) is 0 Å². The Kier molecular flexibility index (Phi) is 12.9. The molecule has 2 aromatic rings. The van der Waals surface area contributed by atoms with Gasteiger partial charge < -0.3 is 14.8 Å². The second-order valence-electron chi connectivity index (χ2n) is 7.51. The van der Waals surface area contributed by atoms with E-state index in [-0.39, 0.29) is 19.1 Å². The highest BCUT2D eigenvalue weighted by Crippen LogP contribution is 2.16. The van der Waals surface area contributed by atoms with Gasteiger partial charge in [0, 0.05) is 45.1 Å². The largest absolute Gasteiger partial charge is 0.480 e. The molecule has 2 N–H and O–H groups in total. The number of aliphatic carboxylic acids is 2. The van der Waals surface area contributed by atoms with Crippen LogP contribution in [0.3, 0.4) is 0 Å². The molecule has 2 rings (SSSR count). The lowest BCUT2D eigenvalue weighted by molar-refractivity contribution is -0.141. The number of carbonyl (C=O) groups is 2. The van der Waals surface area contributed by atoms with Crippen molar-refractivity contribution in [3.8, 4) is 0 Å². The maximum atomic E-state index is 11.6. The topological polar surface area (TPSA) is 112 Å². The van der Waals surface area contributed by atoms with Crippen molar-refractivity contribution in [2.45, 2.75) is 59.2 Å². The third-order valence-corrected chi connectivity index (χ3v) is 4.81. The van der Waals surface area contributed by atoms with Crippen molar-refractivity contribution in [2.24, 2.45) is 7.05 Å². The van der Waals surface area contributed by atoms with Crippen molar-refractivity contribution in [2.75, 3.05) is 19.6 Å². The molecule has 0 amide bonds. The second-order valence-corrected chi connectivity index (χ2v) is 7.51. The van der Waals surface area contributed by atoms with Gasteiger partial charge in [0.1, 0.15) is 0 Å². The van der Waals surface area contributed by atoms with Gasteiger partial charge in [-0.05, 0) is 18.6 Å². The van der Waals surface area contributed by atoms with Gasteiger partial charge in [-0.25, -0.2) is 4.98 Å². The summed E-state index contributed by atoms with van der Waals surface area (Å²) < 4.78 is 1.82. The lowest BCUT2D eigenvalue weighted by Crippen LogP contribution is -2.46. The molecule has 0 fully saturated rings. The van der Waals surface area contributed by atoms with Gasteiger partial charge in [0.2, 0.25) is 0 Å². The first-order valence-corrected chi connectivity index (χ1v) is 11.1. The quantitative estimate of drug-likeness (QED) is 0.455. The van der Waals surface area contributed by atoms with Gasteiger partial charge in [-0.3, -0.25) is 24.4 Å². The molecule has 1 unspecified atom stereocenters. The van der Waals surface area contributed by atoms with Gasteiger partial charge >= 0.3 is 11.9 Å². The maximum absolute atomic E-state index is 11.6. The summed E-state index contributed by atoms with van der Waals surface area (Å²) in [6.45, 7) is 7.04. The van der Waals surface area contributed by atoms with Gasteiger partial charge in [-0.1, -0.05) is 39.7 Å². The van der Waals surface area contributed by atoms with Crippen LogP contribution in [0.4, 0.5) is 0 Å². The molecule has 0 aromatic carbocycles. The van der Waals surface area contributed by atoms with E-state index in [2.05, 4.69) is 16.9 Å². The van der Waals surface area contributed by atoms with Gasteiger partial charge in [-0.2, -0.15) is 0 Å². The Bertz CT molecular complexity index is 797. The molecular formula is C23H37N5O4.